The average Bonchev–Trinajstić information content (AvgIpc) is 2.85. The number of carbonyl (C=O) groups excluding carboxylic acids is 1. The molecule has 37 heavy (non-hydrogen) atoms. The largest absolute Gasteiger partial charge is 0.492 e. The lowest BCUT2D eigenvalue weighted by molar-refractivity contribution is -0.119. The van der Waals surface area contributed by atoms with Crippen LogP contribution in [0.2, 0.25) is 5.02 Å². The first-order valence-electron chi connectivity index (χ1n) is 11.2. The van der Waals surface area contributed by atoms with Gasteiger partial charge in [0.15, 0.2) is 0 Å². The minimum atomic E-state index is -4.05. The summed E-state index contributed by atoms with van der Waals surface area (Å²) in [6.07, 6.45) is 0. The van der Waals surface area contributed by atoms with Crippen molar-refractivity contribution in [3.63, 3.8) is 0 Å². The summed E-state index contributed by atoms with van der Waals surface area (Å²) in [6, 6.07) is 18.5. The third-order valence-electron chi connectivity index (χ3n) is 5.27. The first-order valence-corrected chi connectivity index (χ1v) is 14.4. The third kappa shape index (κ3) is 7.22. The summed E-state index contributed by atoms with van der Waals surface area (Å²) in [5.74, 6) is -0.0891. The maximum absolute atomic E-state index is 13.4. The zero-order chi connectivity index (χ0) is 27.2. The molecule has 0 saturated carbocycles. The van der Waals surface area contributed by atoms with Crippen molar-refractivity contribution in [2.75, 3.05) is 38.1 Å². The molecule has 0 radical (unpaired) electrons. The van der Waals surface area contributed by atoms with Crippen LogP contribution in [-0.4, -0.2) is 60.8 Å². The fourth-order valence-corrected chi connectivity index (χ4v) is 5.74. The molecule has 0 aliphatic rings. The molecule has 3 aromatic rings. The zero-order valence-corrected chi connectivity index (χ0v) is 23.0. The minimum absolute atomic E-state index is 0.00858. The number of rotatable bonds is 11. The number of carbonyl (C=O) groups is 1. The van der Waals surface area contributed by atoms with Crippen LogP contribution in [0.5, 0.6) is 5.75 Å². The molecule has 0 aliphatic carbocycles. The van der Waals surface area contributed by atoms with Gasteiger partial charge in [-0.1, -0.05) is 23.7 Å². The van der Waals surface area contributed by atoms with Gasteiger partial charge in [-0.25, -0.2) is 21.1 Å². The van der Waals surface area contributed by atoms with Crippen LogP contribution < -0.4 is 14.4 Å². The summed E-state index contributed by atoms with van der Waals surface area (Å²) in [6.45, 7) is 1.60. The number of anilines is 1. The normalized spacial score (nSPS) is 11.8. The van der Waals surface area contributed by atoms with Crippen molar-refractivity contribution in [3.8, 4) is 5.75 Å². The summed E-state index contributed by atoms with van der Waals surface area (Å²) in [4.78, 5) is 12.9. The van der Waals surface area contributed by atoms with E-state index in [0.29, 0.717) is 16.5 Å². The molecule has 1 amide bonds. The number of ether oxygens (including phenoxy) is 1. The highest BCUT2D eigenvalue weighted by Crippen LogP contribution is 2.25. The van der Waals surface area contributed by atoms with Gasteiger partial charge in [0.2, 0.25) is 15.9 Å². The molecule has 3 aromatic carbocycles. The van der Waals surface area contributed by atoms with Crippen LogP contribution >= 0.6 is 11.6 Å². The Morgan fingerprint density at radius 1 is 0.892 bits per heavy atom. The van der Waals surface area contributed by atoms with Crippen molar-refractivity contribution in [2.24, 2.45) is 0 Å². The van der Waals surface area contributed by atoms with Crippen LogP contribution in [0.25, 0.3) is 0 Å². The minimum Gasteiger partial charge on any atom is -0.492 e. The Balaban J connectivity index is 1.64. The van der Waals surface area contributed by atoms with Gasteiger partial charge < -0.3 is 10.1 Å². The van der Waals surface area contributed by atoms with Gasteiger partial charge in [-0.15, -0.1) is 0 Å². The SMILES string of the molecule is Cc1cccc(N(CC(=O)NCCOc2ccc(S(=O)(=O)N(C)C)cc2)S(=O)(=O)c2ccc(Cl)cc2)c1. The first-order chi connectivity index (χ1) is 17.4. The highest BCUT2D eigenvalue weighted by molar-refractivity contribution is 7.92. The van der Waals surface area contributed by atoms with Crippen molar-refractivity contribution in [3.05, 3.63) is 83.4 Å². The fourth-order valence-electron chi connectivity index (χ4n) is 3.30. The molecule has 0 heterocycles. The quantitative estimate of drug-likeness (QED) is 0.357. The first kappa shape index (κ1) is 28.5. The van der Waals surface area contributed by atoms with Crippen molar-refractivity contribution in [1.82, 2.24) is 9.62 Å². The van der Waals surface area contributed by atoms with Crippen LogP contribution in [0.3, 0.4) is 0 Å². The van der Waals surface area contributed by atoms with Gasteiger partial charge in [-0.05, 0) is 73.2 Å². The van der Waals surface area contributed by atoms with Gasteiger partial charge >= 0.3 is 0 Å². The molecule has 0 aromatic heterocycles. The number of sulfonamides is 2. The highest BCUT2D eigenvalue weighted by Gasteiger charge is 2.27. The van der Waals surface area contributed by atoms with Crippen LogP contribution in [0.4, 0.5) is 5.69 Å². The average molecular weight is 566 g/mol. The van der Waals surface area contributed by atoms with Crippen LogP contribution in [0, 0.1) is 6.92 Å². The highest BCUT2D eigenvalue weighted by atomic mass is 35.5. The number of aryl methyl sites for hydroxylation is 1. The second kappa shape index (κ2) is 12.0. The van der Waals surface area contributed by atoms with Gasteiger partial charge in [-0.2, -0.15) is 0 Å². The summed E-state index contributed by atoms with van der Waals surface area (Å²) < 4.78 is 58.8. The van der Waals surface area contributed by atoms with Gasteiger partial charge in [0.25, 0.3) is 10.0 Å². The number of amides is 1. The molecule has 0 bridgehead atoms. The number of hydrogen-bond donors (Lipinski definition) is 1. The van der Waals surface area contributed by atoms with E-state index in [1.165, 1.54) is 62.6 Å². The molecule has 0 aliphatic heterocycles. The molecule has 198 valence electrons. The van der Waals surface area contributed by atoms with E-state index in [-0.39, 0.29) is 22.9 Å². The lowest BCUT2D eigenvalue weighted by Crippen LogP contribution is -2.42. The molecule has 0 fully saturated rings. The Morgan fingerprint density at radius 2 is 1.49 bits per heavy atom. The lowest BCUT2D eigenvalue weighted by atomic mass is 10.2. The van der Waals surface area contributed by atoms with Crippen molar-refractivity contribution in [1.29, 1.82) is 0 Å². The molecule has 0 spiro atoms. The molecule has 9 nitrogen and oxygen atoms in total. The number of nitrogens with zero attached hydrogens (tertiary/aromatic N) is 2. The molecule has 0 saturated heterocycles. The maximum Gasteiger partial charge on any atom is 0.264 e. The van der Waals surface area contributed by atoms with Crippen molar-refractivity contribution < 1.29 is 26.4 Å². The second-order valence-electron chi connectivity index (χ2n) is 8.26. The zero-order valence-electron chi connectivity index (χ0n) is 20.6. The number of benzene rings is 3. The van der Waals surface area contributed by atoms with Gasteiger partial charge in [0, 0.05) is 19.1 Å². The van der Waals surface area contributed by atoms with E-state index in [4.69, 9.17) is 16.3 Å². The Morgan fingerprint density at radius 3 is 2.08 bits per heavy atom. The molecule has 1 N–H and O–H groups in total. The van der Waals surface area contributed by atoms with E-state index in [0.717, 1.165) is 14.2 Å². The molecular weight excluding hydrogens is 538 g/mol. The molecule has 0 atom stereocenters. The Bertz CT molecular complexity index is 1440. The lowest BCUT2D eigenvalue weighted by Gasteiger charge is -2.24. The summed E-state index contributed by atoms with van der Waals surface area (Å²) in [7, 11) is -4.69. The fraction of sp³-hybridized carbons (Fsp3) is 0.240. The topological polar surface area (TPSA) is 113 Å². The molecule has 0 unspecified atom stereocenters. The summed E-state index contributed by atoms with van der Waals surface area (Å²) in [5, 5.41) is 3.05. The van der Waals surface area contributed by atoms with E-state index in [1.807, 2.05) is 13.0 Å². The monoisotopic (exact) mass is 565 g/mol. The second-order valence-corrected chi connectivity index (χ2v) is 12.7. The van der Waals surface area contributed by atoms with Crippen molar-refractivity contribution >= 4 is 43.2 Å². The number of nitrogens with one attached hydrogen (secondary N) is 1. The van der Waals surface area contributed by atoms with E-state index >= 15 is 0 Å². The van der Waals surface area contributed by atoms with Gasteiger partial charge in [0.1, 0.15) is 18.9 Å². The Hall–Kier alpha value is -3.12. The van der Waals surface area contributed by atoms with Gasteiger partial charge in [-0.3, -0.25) is 9.10 Å². The molecule has 3 rings (SSSR count). The summed E-state index contributed by atoms with van der Waals surface area (Å²) >= 11 is 5.91. The Labute approximate surface area is 222 Å². The van der Waals surface area contributed by atoms with Crippen molar-refractivity contribution in [2.45, 2.75) is 16.7 Å². The molecular formula is C25H28ClN3O6S2. The summed E-state index contributed by atoms with van der Waals surface area (Å²) in [5.41, 5.74) is 1.20. The molecule has 12 heteroatoms. The number of halogens is 1. The van der Waals surface area contributed by atoms with Crippen LogP contribution in [0.1, 0.15) is 5.56 Å². The standard InChI is InChI=1S/C25H28ClN3O6S2/c1-19-5-4-6-21(17-19)29(37(33,34)24-11-7-20(26)8-12-24)18-25(30)27-15-16-35-22-9-13-23(14-10-22)36(31,32)28(2)3/h4-14,17H,15-16,18H2,1-3H3,(H,27,30). The van der Waals surface area contributed by atoms with Crippen LogP contribution in [0.15, 0.2) is 82.6 Å². The predicted molar refractivity (Wildman–Crippen MR) is 143 cm³/mol. The van der Waals surface area contributed by atoms with E-state index in [1.54, 1.807) is 18.2 Å². The maximum atomic E-state index is 13.4. The van der Waals surface area contributed by atoms with Crippen LogP contribution in [-0.2, 0) is 24.8 Å². The van der Waals surface area contributed by atoms with E-state index in [9.17, 15) is 21.6 Å². The van der Waals surface area contributed by atoms with E-state index in [2.05, 4.69) is 5.32 Å². The smallest absolute Gasteiger partial charge is 0.264 e. The third-order valence-corrected chi connectivity index (χ3v) is 9.14. The van der Waals surface area contributed by atoms with E-state index < -0.39 is 32.5 Å². The number of hydrogen-bond acceptors (Lipinski definition) is 6. The Kier molecular flexibility index (Phi) is 9.19. The van der Waals surface area contributed by atoms with Gasteiger partial charge in [0.05, 0.1) is 22.0 Å². The predicted octanol–water partition coefficient (Wildman–Crippen LogP) is 3.29.